The van der Waals surface area contributed by atoms with Gasteiger partial charge in [0, 0.05) is 0 Å². The normalized spacial score (nSPS) is 12.2. The Bertz CT molecular complexity index is 771. The Morgan fingerprint density at radius 2 is 2.09 bits per heavy atom. The molecule has 0 saturated carbocycles. The van der Waals surface area contributed by atoms with E-state index < -0.39 is 11.2 Å². The molecule has 2 heterocycles. The molecule has 3 N–H and O–H groups in total. The number of hydrogen-bond donors (Lipinski definition) is 2. The SMILES string of the molecule is NC(=O)[C@@H](Sc1n[nH]c(-c2cccs2)n1)c1ccc(F)cc1. The number of rotatable bonds is 5. The van der Waals surface area contributed by atoms with Gasteiger partial charge in [-0.25, -0.2) is 9.37 Å². The van der Waals surface area contributed by atoms with Gasteiger partial charge in [0.05, 0.1) is 4.88 Å². The summed E-state index contributed by atoms with van der Waals surface area (Å²) in [4.78, 5) is 17.0. The van der Waals surface area contributed by atoms with E-state index in [1.807, 2.05) is 17.5 Å². The number of hydrogen-bond acceptors (Lipinski definition) is 5. The fraction of sp³-hybridized carbons (Fsp3) is 0.0714. The van der Waals surface area contributed by atoms with Crippen molar-refractivity contribution in [1.29, 1.82) is 0 Å². The zero-order valence-electron chi connectivity index (χ0n) is 11.2. The van der Waals surface area contributed by atoms with Gasteiger partial charge in [-0.1, -0.05) is 30.0 Å². The molecule has 0 aliphatic heterocycles. The largest absolute Gasteiger partial charge is 0.368 e. The quantitative estimate of drug-likeness (QED) is 0.703. The Balaban J connectivity index is 1.82. The number of aromatic amines is 1. The molecule has 2 aromatic heterocycles. The van der Waals surface area contributed by atoms with Gasteiger partial charge in [-0.3, -0.25) is 9.89 Å². The summed E-state index contributed by atoms with van der Waals surface area (Å²) in [5.74, 6) is -0.256. The van der Waals surface area contributed by atoms with Crippen LogP contribution in [0.15, 0.2) is 46.9 Å². The van der Waals surface area contributed by atoms with Gasteiger partial charge >= 0.3 is 0 Å². The van der Waals surface area contributed by atoms with Gasteiger partial charge in [0.15, 0.2) is 5.82 Å². The summed E-state index contributed by atoms with van der Waals surface area (Å²) in [6.45, 7) is 0. The molecule has 3 aromatic rings. The van der Waals surface area contributed by atoms with Crippen molar-refractivity contribution in [3.05, 3.63) is 53.2 Å². The zero-order chi connectivity index (χ0) is 15.5. The van der Waals surface area contributed by atoms with Gasteiger partial charge in [0.1, 0.15) is 11.1 Å². The Hall–Kier alpha value is -2.19. The van der Waals surface area contributed by atoms with Crippen molar-refractivity contribution in [3.8, 4) is 10.7 Å². The van der Waals surface area contributed by atoms with E-state index in [4.69, 9.17) is 5.73 Å². The van der Waals surface area contributed by atoms with E-state index in [0.717, 1.165) is 16.6 Å². The first-order valence-electron chi connectivity index (χ1n) is 6.31. The lowest BCUT2D eigenvalue weighted by Crippen LogP contribution is -2.19. The summed E-state index contributed by atoms with van der Waals surface area (Å²) >= 11 is 2.66. The van der Waals surface area contributed by atoms with Crippen LogP contribution >= 0.6 is 23.1 Å². The zero-order valence-corrected chi connectivity index (χ0v) is 12.8. The highest BCUT2D eigenvalue weighted by atomic mass is 32.2. The van der Waals surface area contributed by atoms with E-state index in [1.165, 1.54) is 35.6 Å². The number of carbonyl (C=O) groups is 1. The van der Waals surface area contributed by atoms with Crippen LogP contribution in [0.2, 0.25) is 0 Å². The highest BCUT2D eigenvalue weighted by molar-refractivity contribution is 8.00. The summed E-state index contributed by atoms with van der Waals surface area (Å²) in [5, 5.41) is 8.60. The molecule has 0 spiro atoms. The summed E-state index contributed by atoms with van der Waals surface area (Å²) in [5.41, 5.74) is 6.05. The van der Waals surface area contributed by atoms with Crippen molar-refractivity contribution < 1.29 is 9.18 Å². The van der Waals surface area contributed by atoms with E-state index in [2.05, 4.69) is 15.2 Å². The van der Waals surface area contributed by atoms with Crippen LogP contribution in [0.4, 0.5) is 4.39 Å². The van der Waals surface area contributed by atoms with Crippen LogP contribution in [0.5, 0.6) is 0 Å². The van der Waals surface area contributed by atoms with E-state index in [1.54, 1.807) is 0 Å². The van der Waals surface area contributed by atoms with Crippen LogP contribution in [0.3, 0.4) is 0 Å². The molecule has 0 aliphatic carbocycles. The molecular formula is C14H11FN4OS2. The number of primary amides is 1. The van der Waals surface area contributed by atoms with Gasteiger partial charge in [-0.05, 0) is 29.1 Å². The van der Waals surface area contributed by atoms with Crippen LogP contribution in [0.1, 0.15) is 10.8 Å². The third-order valence-corrected chi connectivity index (χ3v) is 4.88. The van der Waals surface area contributed by atoms with Gasteiger partial charge in [0.2, 0.25) is 11.1 Å². The van der Waals surface area contributed by atoms with Crippen LogP contribution in [-0.2, 0) is 4.79 Å². The van der Waals surface area contributed by atoms with Crippen molar-refractivity contribution in [2.24, 2.45) is 5.73 Å². The average Bonchev–Trinajstić information content (AvgIpc) is 3.17. The molecule has 0 aliphatic rings. The summed E-state index contributed by atoms with van der Waals surface area (Å²) < 4.78 is 13.0. The van der Waals surface area contributed by atoms with Gasteiger partial charge < -0.3 is 5.73 Å². The molecule has 8 heteroatoms. The second-order valence-corrected chi connectivity index (χ2v) is 6.42. The lowest BCUT2D eigenvalue weighted by Gasteiger charge is -2.10. The number of thiophene rings is 1. The second kappa shape index (κ2) is 6.29. The Kier molecular flexibility index (Phi) is 4.21. The molecule has 1 aromatic carbocycles. The van der Waals surface area contributed by atoms with Crippen LogP contribution < -0.4 is 5.73 Å². The van der Waals surface area contributed by atoms with Gasteiger partial charge in [0.25, 0.3) is 0 Å². The maximum Gasteiger partial charge on any atom is 0.235 e. The van der Waals surface area contributed by atoms with Crippen molar-refractivity contribution in [3.63, 3.8) is 0 Å². The minimum Gasteiger partial charge on any atom is -0.368 e. The molecule has 0 unspecified atom stereocenters. The minimum atomic E-state index is -0.674. The Morgan fingerprint density at radius 1 is 1.32 bits per heavy atom. The lowest BCUT2D eigenvalue weighted by molar-refractivity contribution is -0.117. The van der Waals surface area contributed by atoms with Crippen molar-refractivity contribution in [2.75, 3.05) is 0 Å². The fourth-order valence-electron chi connectivity index (χ4n) is 1.86. The molecule has 22 heavy (non-hydrogen) atoms. The minimum absolute atomic E-state index is 0.366. The van der Waals surface area contributed by atoms with Crippen molar-refractivity contribution in [2.45, 2.75) is 10.4 Å². The maximum atomic E-state index is 13.0. The number of aromatic nitrogens is 3. The molecule has 5 nitrogen and oxygen atoms in total. The molecule has 0 bridgehead atoms. The number of halogens is 1. The number of amides is 1. The first-order chi connectivity index (χ1) is 10.6. The van der Waals surface area contributed by atoms with E-state index in [-0.39, 0.29) is 5.82 Å². The Morgan fingerprint density at radius 3 is 2.73 bits per heavy atom. The predicted molar refractivity (Wildman–Crippen MR) is 83.9 cm³/mol. The number of nitrogens with two attached hydrogens (primary N) is 1. The number of H-pyrrole nitrogens is 1. The van der Waals surface area contributed by atoms with E-state index in [9.17, 15) is 9.18 Å². The second-order valence-electron chi connectivity index (χ2n) is 4.40. The summed E-state index contributed by atoms with van der Waals surface area (Å²) in [7, 11) is 0. The summed E-state index contributed by atoms with van der Waals surface area (Å²) in [6, 6.07) is 9.49. The highest BCUT2D eigenvalue weighted by Crippen LogP contribution is 2.34. The number of nitrogens with one attached hydrogen (secondary N) is 1. The standard InChI is InChI=1S/C14H11FN4OS2/c15-9-5-3-8(4-6-9)11(12(16)20)22-14-17-13(18-19-14)10-2-1-7-21-10/h1-7,11H,(H2,16,20)(H,17,18,19)/t11-/m0/s1. The highest BCUT2D eigenvalue weighted by Gasteiger charge is 2.22. The molecule has 3 rings (SSSR count). The van der Waals surface area contributed by atoms with E-state index in [0.29, 0.717) is 16.5 Å². The molecule has 0 saturated heterocycles. The van der Waals surface area contributed by atoms with Crippen LogP contribution in [-0.4, -0.2) is 21.1 Å². The molecule has 1 atom stereocenters. The number of carbonyl (C=O) groups excluding carboxylic acids is 1. The number of benzene rings is 1. The lowest BCUT2D eigenvalue weighted by atomic mass is 10.1. The smallest absolute Gasteiger partial charge is 0.235 e. The molecule has 0 radical (unpaired) electrons. The monoisotopic (exact) mass is 334 g/mol. The number of nitrogens with zero attached hydrogens (tertiary/aromatic N) is 2. The van der Waals surface area contributed by atoms with Crippen LogP contribution in [0.25, 0.3) is 10.7 Å². The topological polar surface area (TPSA) is 84.7 Å². The fourth-order valence-corrected chi connectivity index (χ4v) is 3.38. The van der Waals surface area contributed by atoms with Crippen molar-refractivity contribution >= 4 is 29.0 Å². The molecule has 0 fully saturated rings. The number of thioether (sulfide) groups is 1. The third-order valence-electron chi connectivity index (χ3n) is 2.87. The van der Waals surface area contributed by atoms with Crippen molar-refractivity contribution in [1.82, 2.24) is 15.2 Å². The molecule has 112 valence electrons. The molecular weight excluding hydrogens is 323 g/mol. The van der Waals surface area contributed by atoms with E-state index >= 15 is 0 Å². The summed E-state index contributed by atoms with van der Waals surface area (Å²) in [6.07, 6.45) is 0. The van der Waals surface area contributed by atoms with Gasteiger partial charge in [-0.2, -0.15) is 0 Å². The third kappa shape index (κ3) is 3.18. The molecule has 1 amide bonds. The predicted octanol–water partition coefficient (Wildman–Crippen LogP) is 2.99. The maximum absolute atomic E-state index is 13.0. The first kappa shape index (κ1) is 14.7. The van der Waals surface area contributed by atoms with Crippen LogP contribution in [0, 0.1) is 5.82 Å². The average molecular weight is 334 g/mol. The van der Waals surface area contributed by atoms with Gasteiger partial charge in [-0.15, -0.1) is 16.4 Å². The Labute approximate surface area is 133 Å². The first-order valence-corrected chi connectivity index (χ1v) is 8.07.